The molecule has 2 aromatic rings. The lowest BCUT2D eigenvalue weighted by Gasteiger charge is -2.11. The number of benzene rings is 1. The summed E-state index contributed by atoms with van der Waals surface area (Å²) >= 11 is 0. The lowest BCUT2D eigenvalue weighted by atomic mass is 10.0. The van der Waals surface area contributed by atoms with E-state index in [1.165, 1.54) is 4.74 Å². The lowest BCUT2D eigenvalue weighted by Crippen LogP contribution is -2.33. The number of aromatic nitrogens is 1. The van der Waals surface area contributed by atoms with Crippen LogP contribution < -0.4 is 11.0 Å². The first kappa shape index (κ1) is 13.9. The second-order valence-corrected chi connectivity index (χ2v) is 5.57. The maximum atomic E-state index is 12.5. The molecule has 6 heteroatoms. The average molecular weight is 292 g/mol. The van der Waals surface area contributed by atoms with Crippen molar-refractivity contribution < 1.29 is 15.6 Å². The number of hydroxylamine groups is 1. The van der Waals surface area contributed by atoms with Gasteiger partial charge in [-0.1, -0.05) is 26.0 Å². The molecule has 21 heavy (non-hydrogen) atoms. The Balaban J connectivity index is 0.00000176. The van der Waals surface area contributed by atoms with E-state index in [4.69, 9.17) is 9.36 Å². The predicted molar refractivity (Wildman–Crippen MR) is 79.0 cm³/mol. The van der Waals surface area contributed by atoms with Crippen LogP contribution in [0.5, 0.6) is 0 Å². The summed E-state index contributed by atoms with van der Waals surface area (Å²) in [6, 6.07) is 4.85. The number of carbonyl (C=O) groups is 1. The van der Waals surface area contributed by atoms with E-state index in [0.717, 1.165) is 5.56 Å². The molecule has 0 bridgehead atoms. The van der Waals surface area contributed by atoms with Crippen LogP contribution in [0.15, 0.2) is 27.5 Å². The lowest BCUT2D eigenvalue weighted by molar-refractivity contribution is -0.136. The van der Waals surface area contributed by atoms with Crippen molar-refractivity contribution in [2.75, 3.05) is 6.61 Å². The zero-order valence-electron chi connectivity index (χ0n) is 12.1. The molecule has 0 aliphatic carbocycles. The van der Waals surface area contributed by atoms with E-state index < -0.39 is 6.04 Å². The Bertz CT molecular complexity index is 735. The molecule has 114 valence electrons. The molecule has 0 saturated carbocycles. The molecule has 0 spiro atoms. The number of hydrogen-bond donors (Lipinski definition) is 1. The topological polar surface area (TPSA) is 73.5 Å². The van der Waals surface area contributed by atoms with Gasteiger partial charge < -0.3 is 4.52 Å². The Morgan fingerprint density at radius 2 is 2.19 bits per heavy atom. The van der Waals surface area contributed by atoms with Gasteiger partial charge >= 0.3 is 0 Å². The quantitative estimate of drug-likeness (QED) is 0.922. The van der Waals surface area contributed by atoms with Gasteiger partial charge in [0.05, 0.1) is 12.0 Å². The molecule has 1 aromatic carbocycles. The first-order valence-corrected chi connectivity index (χ1v) is 7.15. The molecular weight excluding hydrogens is 272 g/mol. The number of rotatable bonds is 2. The first-order valence-electron chi connectivity index (χ1n) is 7.15. The summed E-state index contributed by atoms with van der Waals surface area (Å²) in [4.78, 5) is 29.5. The molecule has 2 heterocycles. The molecule has 1 saturated heterocycles. The van der Waals surface area contributed by atoms with Gasteiger partial charge in [0.1, 0.15) is 0 Å². The Hall–Kier alpha value is -2.08. The molecule has 1 N–H and O–H groups in total. The van der Waals surface area contributed by atoms with Crippen LogP contribution in [0.4, 0.5) is 0 Å². The van der Waals surface area contributed by atoms with Crippen LogP contribution in [-0.4, -0.2) is 17.3 Å². The largest absolute Gasteiger partial charge is 0.375 e. The smallest absolute Gasteiger partial charge is 0.291 e. The number of fused-ring (bicyclic) bond motifs is 1. The second-order valence-electron chi connectivity index (χ2n) is 5.57. The summed E-state index contributed by atoms with van der Waals surface area (Å²) in [5, 5.41) is 0.513. The molecule has 1 aliphatic rings. The normalized spacial score (nSPS) is 19.8. The minimum Gasteiger partial charge on any atom is -0.375 e. The van der Waals surface area contributed by atoms with E-state index in [-0.39, 0.29) is 18.8 Å². The summed E-state index contributed by atoms with van der Waals surface area (Å²) in [5.41, 5.74) is 3.61. The van der Waals surface area contributed by atoms with Gasteiger partial charge in [0.15, 0.2) is 11.6 Å². The van der Waals surface area contributed by atoms with E-state index in [1.54, 1.807) is 6.07 Å². The molecule has 1 aliphatic heterocycles. The number of nitrogens with zero attached hydrogens (tertiary/aromatic N) is 1. The van der Waals surface area contributed by atoms with E-state index in [0.29, 0.717) is 30.4 Å². The van der Waals surface area contributed by atoms with Crippen LogP contribution in [0.1, 0.15) is 45.6 Å². The van der Waals surface area contributed by atoms with Crippen molar-refractivity contribution in [1.29, 1.82) is 0 Å². The maximum absolute atomic E-state index is 12.5. The van der Waals surface area contributed by atoms with Gasteiger partial charge in [0.25, 0.3) is 11.5 Å². The minimum atomic E-state index is -0.660. The molecule has 1 atom stereocenters. The van der Waals surface area contributed by atoms with Crippen molar-refractivity contribution in [3.05, 3.63) is 34.1 Å². The minimum absolute atomic E-state index is 0. The van der Waals surface area contributed by atoms with Crippen LogP contribution >= 0.6 is 0 Å². The van der Waals surface area contributed by atoms with E-state index in [2.05, 4.69) is 5.48 Å². The van der Waals surface area contributed by atoms with Crippen LogP contribution in [0.25, 0.3) is 11.0 Å². The van der Waals surface area contributed by atoms with Crippen molar-refractivity contribution in [3.8, 4) is 0 Å². The number of nitrogens with one attached hydrogen (secondary N) is 1. The maximum Gasteiger partial charge on any atom is 0.291 e. The van der Waals surface area contributed by atoms with Crippen LogP contribution in [0.3, 0.4) is 0 Å². The summed E-state index contributed by atoms with van der Waals surface area (Å²) in [7, 11) is 0. The number of amides is 1. The molecule has 1 fully saturated rings. The van der Waals surface area contributed by atoms with Crippen molar-refractivity contribution >= 4 is 16.9 Å². The molecule has 1 unspecified atom stereocenters. The highest BCUT2D eigenvalue weighted by Gasteiger charge is 2.28. The van der Waals surface area contributed by atoms with Gasteiger partial charge in [-0.2, -0.15) is 4.74 Å². The third-order valence-corrected chi connectivity index (χ3v) is 3.77. The molecule has 1 aromatic heterocycles. The number of para-hydroxylation sites is 1. The van der Waals surface area contributed by atoms with Crippen LogP contribution in [-0.2, 0) is 9.63 Å². The molecule has 6 nitrogen and oxygen atoms in total. The fourth-order valence-electron chi connectivity index (χ4n) is 2.64. The van der Waals surface area contributed by atoms with Gasteiger partial charge in [0, 0.05) is 6.99 Å². The fraction of sp³-hybridized carbons (Fsp3) is 0.467. The fourth-order valence-corrected chi connectivity index (χ4v) is 2.64. The van der Waals surface area contributed by atoms with E-state index in [9.17, 15) is 9.59 Å². The highest BCUT2D eigenvalue weighted by molar-refractivity contribution is 5.82. The Kier molecular flexibility index (Phi) is 3.55. The zero-order chi connectivity index (χ0) is 15.0. The van der Waals surface area contributed by atoms with Gasteiger partial charge in [-0.3, -0.25) is 14.4 Å². The Morgan fingerprint density at radius 1 is 1.38 bits per heavy atom. The van der Waals surface area contributed by atoms with Gasteiger partial charge in [-0.05, 0) is 24.8 Å². The number of hydrogen-bond acceptors (Lipinski definition) is 4. The van der Waals surface area contributed by atoms with Crippen molar-refractivity contribution in [1.82, 2.24) is 10.2 Å². The highest BCUT2D eigenvalue weighted by atomic mass is 16.7. The van der Waals surface area contributed by atoms with Crippen molar-refractivity contribution in [3.63, 3.8) is 0 Å². The van der Waals surface area contributed by atoms with E-state index >= 15 is 0 Å². The SMILES string of the molecule is CC(C)c1cccc2c(=O)n(C3CCCONC3=O)oc12.[HH]. The van der Waals surface area contributed by atoms with Gasteiger partial charge in [-0.15, -0.1) is 0 Å². The Labute approximate surface area is 123 Å². The monoisotopic (exact) mass is 292 g/mol. The van der Waals surface area contributed by atoms with Crippen molar-refractivity contribution in [2.45, 2.75) is 38.6 Å². The molecular formula is C15H20N2O4. The van der Waals surface area contributed by atoms with Crippen LogP contribution in [0.2, 0.25) is 0 Å². The Morgan fingerprint density at radius 3 is 2.95 bits per heavy atom. The standard InChI is InChI=1S/C15H18N2O4.H2/c1-9(2)10-5-3-6-11-13(10)21-17(15(11)19)12-7-4-8-20-16-14(12)18;/h3,5-6,9,12H,4,7-8H2,1-2H3,(H,16,18);1H. The average Bonchev–Trinajstić information content (AvgIpc) is 2.65. The molecule has 3 rings (SSSR count). The summed E-state index contributed by atoms with van der Waals surface area (Å²) in [6.07, 6.45) is 1.20. The second kappa shape index (κ2) is 5.37. The summed E-state index contributed by atoms with van der Waals surface area (Å²) in [5.74, 6) is -0.112. The predicted octanol–water partition coefficient (Wildman–Crippen LogP) is 2.35. The van der Waals surface area contributed by atoms with Gasteiger partial charge in [-0.25, -0.2) is 5.48 Å². The summed E-state index contributed by atoms with van der Waals surface area (Å²) in [6.45, 7) is 4.52. The number of carbonyl (C=O) groups excluding carboxylic acids is 1. The highest BCUT2D eigenvalue weighted by Crippen LogP contribution is 2.26. The first-order chi connectivity index (χ1) is 10.1. The van der Waals surface area contributed by atoms with Crippen molar-refractivity contribution in [2.24, 2.45) is 0 Å². The van der Waals surface area contributed by atoms with Crippen LogP contribution in [0, 0.1) is 0 Å². The van der Waals surface area contributed by atoms with E-state index in [1.807, 2.05) is 26.0 Å². The zero-order valence-corrected chi connectivity index (χ0v) is 12.1. The van der Waals surface area contributed by atoms with Gasteiger partial charge in [0.2, 0.25) is 0 Å². The summed E-state index contributed by atoms with van der Waals surface area (Å²) < 4.78 is 6.93. The third kappa shape index (κ3) is 2.35. The molecule has 0 radical (unpaired) electrons. The third-order valence-electron chi connectivity index (χ3n) is 3.77. The molecule has 1 amide bonds.